The Balaban J connectivity index is 4.59. The van der Waals surface area contributed by atoms with Gasteiger partial charge in [0.15, 0.2) is 6.10 Å². The van der Waals surface area contributed by atoms with Crippen molar-refractivity contribution < 1.29 is 28.6 Å². The molecule has 0 aliphatic rings. The monoisotopic (exact) mass is 1060 g/mol. The lowest BCUT2D eigenvalue weighted by Crippen LogP contribution is -2.30. The van der Waals surface area contributed by atoms with Crippen LogP contribution in [0.15, 0.2) is 182 Å². The van der Waals surface area contributed by atoms with Crippen LogP contribution in [0.3, 0.4) is 0 Å². The van der Waals surface area contributed by atoms with E-state index in [9.17, 15) is 14.4 Å². The maximum Gasteiger partial charge on any atom is 0.306 e. The van der Waals surface area contributed by atoms with E-state index in [1.54, 1.807) is 0 Å². The molecule has 1 unspecified atom stereocenters. The van der Waals surface area contributed by atoms with Gasteiger partial charge in [-0.25, -0.2) is 0 Å². The van der Waals surface area contributed by atoms with Crippen molar-refractivity contribution in [2.75, 3.05) is 13.2 Å². The lowest BCUT2D eigenvalue weighted by Gasteiger charge is -2.18. The van der Waals surface area contributed by atoms with Crippen molar-refractivity contribution in [3.8, 4) is 0 Å². The third kappa shape index (κ3) is 61.2. The minimum atomic E-state index is -0.855. The molecule has 1 atom stereocenters. The van der Waals surface area contributed by atoms with Gasteiger partial charge >= 0.3 is 17.9 Å². The van der Waals surface area contributed by atoms with Crippen LogP contribution in [0.2, 0.25) is 0 Å². The van der Waals surface area contributed by atoms with E-state index in [0.29, 0.717) is 19.3 Å². The normalized spacial score (nSPS) is 13.4. The van der Waals surface area contributed by atoms with Gasteiger partial charge in [0.05, 0.1) is 0 Å². The third-order valence-electron chi connectivity index (χ3n) is 11.9. The smallest absolute Gasteiger partial charge is 0.306 e. The fourth-order valence-electron chi connectivity index (χ4n) is 7.49. The number of hydrogen-bond acceptors (Lipinski definition) is 6. The summed E-state index contributed by atoms with van der Waals surface area (Å²) in [5.74, 6) is -1.10. The Morgan fingerprint density at radius 2 is 0.506 bits per heavy atom. The summed E-state index contributed by atoms with van der Waals surface area (Å²) < 4.78 is 16.8. The quantitative estimate of drug-likeness (QED) is 0.0261. The second-order valence-corrected chi connectivity index (χ2v) is 19.1. The van der Waals surface area contributed by atoms with E-state index in [0.717, 1.165) is 122 Å². The van der Waals surface area contributed by atoms with Gasteiger partial charge in [-0.3, -0.25) is 14.4 Å². The van der Waals surface area contributed by atoms with E-state index < -0.39 is 12.1 Å². The lowest BCUT2D eigenvalue weighted by atomic mass is 10.1. The van der Waals surface area contributed by atoms with E-state index in [1.807, 2.05) is 12.2 Å². The predicted octanol–water partition coefficient (Wildman–Crippen LogP) is 20.9. The van der Waals surface area contributed by atoms with Crippen LogP contribution in [0, 0.1) is 0 Å². The van der Waals surface area contributed by atoms with Gasteiger partial charge in [-0.15, -0.1) is 0 Å². The van der Waals surface area contributed by atoms with Crippen molar-refractivity contribution in [3.05, 3.63) is 182 Å². The van der Waals surface area contributed by atoms with Crippen molar-refractivity contribution in [1.29, 1.82) is 0 Å². The van der Waals surface area contributed by atoms with Gasteiger partial charge in [0.25, 0.3) is 0 Å². The summed E-state index contributed by atoms with van der Waals surface area (Å²) in [4.78, 5) is 38.2. The van der Waals surface area contributed by atoms with Crippen molar-refractivity contribution in [2.24, 2.45) is 0 Å². The number of carbonyl (C=O) groups is 3. The van der Waals surface area contributed by atoms with E-state index >= 15 is 0 Å². The zero-order valence-electron chi connectivity index (χ0n) is 48.9. The van der Waals surface area contributed by atoms with E-state index in [1.165, 1.54) is 51.4 Å². The first-order valence-electron chi connectivity index (χ1n) is 30.3. The summed E-state index contributed by atoms with van der Waals surface area (Å²) in [5.41, 5.74) is 0. The molecule has 0 heterocycles. The van der Waals surface area contributed by atoms with Gasteiger partial charge in [0.2, 0.25) is 0 Å². The fraction of sp³-hybridized carbons (Fsp3) is 0.535. The minimum Gasteiger partial charge on any atom is -0.462 e. The van der Waals surface area contributed by atoms with Gasteiger partial charge in [0.1, 0.15) is 13.2 Å². The molecule has 428 valence electrons. The molecule has 0 aromatic carbocycles. The molecule has 0 aromatic rings. The van der Waals surface area contributed by atoms with E-state index in [2.05, 4.69) is 191 Å². The van der Waals surface area contributed by atoms with Crippen molar-refractivity contribution in [2.45, 2.75) is 232 Å². The molecule has 0 saturated heterocycles. The van der Waals surface area contributed by atoms with Gasteiger partial charge < -0.3 is 14.2 Å². The molecule has 0 N–H and O–H groups in total. The van der Waals surface area contributed by atoms with Crippen LogP contribution < -0.4 is 0 Å². The Morgan fingerprint density at radius 1 is 0.260 bits per heavy atom. The Kier molecular flexibility index (Phi) is 58.6. The Labute approximate surface area is 472 Å². The van der Waals surface area contributed by atoms with Crippen molar-refractivity contribution in [1.82, 2.24) is 0 Å². The molecule has 0 aliphatic carbocycles. The molecule has 77 heavy (non-hydrogen) atoms. The molecule has 0 bridgehead atoms. The van der Waals surface area contributed by atoms with Crippen LogP contribution in [-0.2, 0) is 28.6 Å². The van der Waals surface area contributed by atoms with Gasteiger partial charge in [-0.1, -0.05) is 254 Å². The highest BCUT2D eigenvalue weighted by atomic mass is 16.6. The highest BCUT2D eigenvalue weighted by Crippen LogP contribution is 2.14. The third-order valence-corrected chi connectivity index (χ3v) is 11.9. The number of allylic oxidation sites excluding steroid dienone is 30. The molecular weight excluding hydrogens is 949 g/mol. The molecule has 0 rings (SSSR count). The topological polar surface area (TPSA) is 78.9 Å². The molecule has 0 fully saturated rings. The zero-order chi connectivity index (χ0) is 55.7. The second-order valence-electron chi connectivity index (χ2n) is 19.1. The van der Waals surface area contributed by atoms with Crippen molar-refractivity contribution >= 4 is 17.9 Å². The van der Waals surface area contributed by atoms with Crippen LogP contribution >= 0.6 is 0 Å². The maximum atomic E-state index is 12.9. The van der Waals surface area contributed by atoms with Gasteiger partial charge in [0, 0.05) is 19.3 Å². The van der Waals surface area contributed by atoms with E-state index in [4.69, 9.17) is 14.2 Å². The molecule has 0 radical (unpaired) electrons. The van der Waals surface area contributed by atoms with Crippen LogP contribution in [0.1, 0.15) is 226 Å². The summed E-state index contributed by atoms with van der Waals surface area (Å²) in [7, 11) is 0. The van der Waals surface area contributed by atoms with Crippen LogP contribution in [0.25, 0.3) is 0 Å². The number of hydrogen-bond donors (Lipinski definition) is 0. The number of carbonyl (C=O) groups excluding carboxylic acids is 3. The summed E-state index contributed by atoms with van der Waals surface area (Å²) in [6.45, 7) is 6.17. The maximum absolute atomic E-state index is 12.9. The fourth-order valence-corrected chi connectivity index (χ4v) is 7.49. The average Bonchev–Trinajstić information content (AvgIpc) is 3.43. The highest BCUT2D eigenvalue weighted by molar-refractivity contribution is 5.71. The lowest BCUT2D eigenvalue weighted by molar-refractivity contribution is -0.166. The number of unbranched alkanes of at least 4 members (excludes halogenated alkanes) is 11. The van der Waals surface area contributed by atoms with Crippen molar-refractivity contribution in [3.63, 3.8) is 0 Å². The standard InChI is InChI=1S/C71H108O6/c1-4-7-10-13-16-19-22-25-28-31-33-34-35-36-38-40-43-46-49-52-55-58-61-64-70(73)76-67-68(66-75-69(72)63-60-57-54-51-48-45-42-39-30-27-24-21-18-15-12-9-6-3)77-71(74)65-62-59-56-53-50-47-44-41-37-32-29-26-23-20-17-14-11-8-5-2/h7-12,16-21,25-30,33-34,37,41-42,45,47,50-51,54,56,59,68H,4-6,13-15,22-24,31-32,35-36,38-40,43-44,46,48-49,52-53,55,57-58,60-67H2,1-3H3/b10-7-,11-8-,12-9-,19-16-,20-17-,21-18-,28-25-,29-26-,30-27-,34-33-,41-37-,45-42-,50-47-,54-51-,59-56-. The molecule has 6 nitrogen and oxygen atoms in total. The Bertz CT molecular complexity index is 1840. The Morgan fingerprint density at radius 3 is 0.831 bits per heavy atom. The van der Waals surface area contributed by atoms with E-state index in [-0.39, 0.29) is 38.0 Å². The molecular formula is C71H108O6. The summed E-state index contributed by atoms with van der Waals surface area (Å²) in [6.07, 6.45) is 94.8. The zero-order valence-corrected chi connectivity index (χ0v) is 48.9. The first kappa shape index (κ1) is 71.5. The molecule has 6 heteroatoms. The summed E-state index contributed by atoms with van der Waals surface area (Å²) in [6, 6.07) is 0. The van der Waals surface area contributed by atoms with Crippen LogP contribution in [-0.4, -0.2) is 37.2 Å². The largest absolute Gasteiger partial charge is 0.462 e. The SMILES string of the molecule is CC/C=C\C/C=C\C/C=C\C/C=C\C/C=C\C/C=C\CCC(=O)OC(COC(=O)CCC/C=C\C/C=C\C/C=C\C/C=C\C/C=C\CC)COC(=O)CCCCCCCCCCCC/C=C\C/C=C\C/C=C\C/C=C\CC. The first-order valence-corrected chi connectivity index (χ1v) is 30.3. The number of rotatable bonds is 52. The molecule has 0 amide bonds. The highest BCUT2D eigenvalue weighted by Gasteiger charge is 2.19. The average molecular weight is 1060 g/mol. The van der Waals surface area contributed by atoms with Crippen LogP contribution in [0.4, 0.5) is 0 Å². The predicted molar refractivity (Wildman–Crippen MR) is 334 cm³/mol. The number of esters is 3. The number of ether oxygens (including phenoxy) is 3. The van der Waals surface area contributed by atoms with Gasteiger partial charge in [-0.2, -0.15) is 0 Å². The molecule has 0 saturated carbocycles. The second kappa shape index (κ2) is 63.0. The first-order chi connectivity index (χ1) is 38.0. The summed E-state index contributed by atoms with van der Waals surface area (Å²) >= 11 is 0. The van der Waals surface area contributed by atoms with Crippen LogP contribution in [0.5, 0.6) is 0 Å². The Hall–Kier alpha value is -5.49. The summed E-state index contributed by atoms with van der Waals surface area (Å²) in [5, 5.41) is 0. The van der Waals surface area contributed by atoms with Gasteiger partial charge in [-0.05, 0) is 135 Å². The molecule has 0 aromatic heterocycles. The minimum absolute atomic E-state index is 0.138. The molecule has 0 spiro atoms. The molecule has 0 aliphatic heterocycles.